The Bertz CT molecular complexity index is 564. The van der Waals surface area contributed by atoms with Crippen LogP contribution in [0.15, 0.2) is 29.3 Å². The lowest BCUT2D eigenvalue weighted by atomic mass is 10.2. The van der Waals surface area contributed by atoms with Gasteiger partial charge in [0.1, 0.15) is 5.82 Å². The van der Waals surface area contributed by atoms with Crippen LogP contribution in [0.3, 0.4) is 0 Å². The lowest BCUT2D eigenvalue weighted by molar-refractivity contribution is 0.380. The van der Waals surface area contributed by atoms with E-state index in [0.29, 0.717) is 12.0 Å². The molecular weight excluding hydrogens is 406 g/mol. The van der Waals surface area contributed by atoms with E-state index in [1.54, 1.807) is 0 Å². The number of guanidine groups is 1. The molecule has 0 radical (unpaired) electrons. The van der Waals surface area contributed by atoms with Gasteiger partial charge in [-0.1, -0.05) is 0 Å². The van der Waals surface area contributed by atoms with Gasteiger partial charge in [-0.05, 0) is 55.4 Å². The zero-order valence-electron chi connectivity index (χ0n) is 13.2. The molecule has 0 unspecified atom stereocenters. The normalized spacial score (nSPS) is 27.6. The second kappa shape index (κ2) is 6.83. The predicted molar refractivity (Wildman–Crippen MR) is 102 cm³/mol. The first-order valence-corrected chi connectivity index (χ1v) is 8.29. The number of hydrogen-bond acceptors (Lipinski definition) is 2. The second-order valence-electron chi connectivity index (χ2n) is 6.74. The summed E-state index contributed by atoms with van der Waals surface area (Å²) < 4.78 is 13.0. The fourth-order valence-electron chi connectivity index (χ4n) is 3.48. The van der Waals surface area contributed by atoms with Gasteiger partial charge in [0.15, 0.2) is 5.96 Å². The minimum atomic E-state index is -0.187. The van der Waals surface area contributed by atoms with Crippen LogP contribution in [0.5, 0.6) is 0 Å². The maximum Gasteiger partial charge on any atom is 0.191 e. The van der Waals surface area contributed by atoms with E-state index in [2.05, 4.69) is 9.80 Å². The minimum Gasteiger partial charge on any atom is -0.370 e. The Kier molecular flexibility index (Phi) is 4.98. The lowest BCUT2D eigenvalue weighted by Crippen LogP contribution is -2.51. The molecule has 0 amide bonds. The summed E-state index contributed by atoms with van der Waals surface area (Å²) in [6.45, 7) is 3.57. The van der Waals surface area contributed by atoms with Crippen molar-refractivity contribution >= 4 is 35.6 Å². The van der Waals surface area contributed by atoms with E-state index in [1.807, 2.05) is 12.1 Å². The average Bonchev–Trinajstić information content (AvgIpc) is 3.42. The van der Waals surface area contributed by atoms with Gasteiger partial charge in [-0.3, -0.25) is 0 Å². The molecule has 3 fully saturated rings. The number of nitrogens with zero attached hydrogens (tertiary/aromatic N) is 3. The fraction of sp³-hybridized carbons (Fsp3) is 0.588. The summed E-state index contributed by atoms with van der Waals surface area (Å²) in [4.78, 5) is 9.17. The molecule has 3 aliphatic rings. The van der Waals surface area contributed by atoms with Crippen molar-refractivity contribution in [3.8, 4) is 0 Å². The van der Waals surface area contributed by atoms with Crippen LogP contribution in [0.4, 0.5) is 10.1 Å². The molecular formula is C17H24FIN4. The van der Waals surface area contributed by atoms with Crippen molar-refractivity contribution in [2.45, 2.75) is 25.3 Å². The average molecular weight is 430 g/mol. The maximum atomic E-state index is 13.0. The Morgan fingerprint density at radius 3 is 2.35 bits per heavy atom. The van der Waals surface area contributed by atoms with E-state index in [-0.39, 0.29) is 29.8 Å². The van der Waals surface area contributed by atoms with Crippen LogP contribution >= 0.6 is 24.0 Å². The number of anilines is 1. The Morgan fingerprint density at radius 2 is 1.74 bits per heavy atom. The molecule has 4 nitrogen and oxygen atoms in total. The van der Waals surface area contributed by atoms with Crippen LogP contribution in [0, 0.1) is 17.7 Å². The molecule has 23 heavy (non-hydrogen) atoms. The standard InChI is InChI=1S/C17H23FN4.HI/c18-13-3-5-14(6-4-13)21-7-9-22(10-8-21)17(19)20-16-11-15(16)12-1-2-12;/h3-6,12,15-16H,1-2,7-11H2,(H2,19,20);1H/t15-,16+;/m0./s1. The molecule has 1 aromatic carbocycles. The molecule has 126 valence electrons. The Balaban J connectivity index is 0.00000156. The number of nitrogens with two attached hydrogens (primary N) is 1. The first-order valence-electron chi connectivity index (χ1n) is 8.29. The van der Waals surface area contributed by atoms with Gasteiger partial charge in [-0.15, -0.1) is 24.0 Å². The molecule has 1 heterocycles. The molecule has 2 N–H and O–H groups in total. The molecule has 1 saturated heterocycles. The molecule has 1 aliphatic heterocycles. The highest BCUT2D eigenvalue weighted by Gasteiger charge is 2.47. The molecule has 2 atom stereocenters. The second-order valence-corrected chi connectivity index (χ2v) is 6.74. The summed E-state index contributed by atoms with van der Waals surface area (Å²) >= 11 is 0. The largest absolute Gasteiger partial charge is 0.370 e. The highest BCUT2D eigenvalue weighted by molar-refractivity contribution is 14.0. The van der Waals surface area contributed by atoms with Gasteiger partial charge in [0, 0.05) is 31.9 Å². The molecule has 1 aromatic rings. The number of halogens is 2. The van der Waals surface area contributed by atoms with Crippen molar-refractivity contribution in [1.29, 1.82) is 0 Å². The van der Waals surface area contributed by atoms with Gasteiger partial charge in [-0.2, -0.15) is 0 Å². The number of rotatable bonds is 3. The van der Waals surface area contributed by atoms with Crippen molar-refractivity contribution in [1.82, 2.24) is 4.90 Å². The smallest absolute Gasteiger partial charge is 0.191 e. The number of benzene rings is 1. The lowest BCUT2D eigenvalue weighted by Gasteiger charge is -2.36. The first-order chi connectivity index (χ1) is 10.7. The summed E-state index contributed by atoms with van der Waals surface area (Å²) in [7, 11) is 0. The van der Waals surface area contributed by atoms with Gasteiger partial charge >= 0.3 is 0 Å². The first kappa shape index (κ1) is 16.8. The Hall–Kier alpha value is -1.05. The van der Waals surface area contributed by atoms with Crippen LogP contribution in [0.25, 0.3) is 0 Å². The summed E-state index contributed by atoms with van der Waals surface area (Å²) in [5.74, 6) is 2.29. The number of hydrogen-bond donors (Lipinski definition) is 1. The fourth-order valence-corrected chi connectivity index (χ4v) is 3.48. The van der Waals surface area contributed by atoms with Crippen LogP contribution in [-0.4, -0.2) is 43.1 Å². The third-order valence-corrected chi connectivity index (χ3v) is 5.13. The van der Waals surface area contributed by atoms with Gasteiger partial charge < -0.3 is 15.5 Å². The molecule has 0 spiro atoms. The third-order valence-electron chi connectivity index (χ3n) is 5.13. The molecule has 2 saturated carbocycles. The number of aliphatic imine (C=N–C) groups is 1. The predicted octanol–water partition coefficient (Wildman–Crippen LogP) is 2.68. The summed E-state index contributed by atoms with van der Waals surface area (Å²) in [5, 5.41) is 0. The van der Waals surface area contributed by atoms with E-state index >= 15 is 0 Å². The van der Waals surface area contributed by atoms with E-state index in [0.717, 1.165) is 43.7 Å². The third kappa shape index (κ3) is 3.89. The minimum absolute atomic E-state index is 0. The SMILES string of the molecule is I.NC(=N[C@@H]1C[C@H]1C1CC1)N1CCN(c2ccc(F)cc2)CC1. The Morgan fingerprint density at radius 1 is 1.09 bits per heavy atom. The zero-order valence-corrected chi connectivity index (χ0v) is 15.5. The molecule has 0 aromatic heterocycles. The van der Waals surface area contributed by atoms with Gasteiger partial charge in [0.25, 0.3) is 0 Å². The summed E-state index contributed by atoms with van der Waals surface area (Å²) in [5.41, 5.74) is 7.26. The van der Waals surface area contributed by atoms with Crippen molar-refractivity contribution < 1.29 is 4.39 Å². The molecule has 4 rings (SSSR count). The maximum absolute atomic E-state index is 13.0. The number of piperazine rings is 1. The van der Waals surface area contributed by atoms with Crippen molar-refractivity contribution in [2.24, 2.45) is 22.6 Å². The molecule has 0 bridgehead atoms. The van der Waals surface area contributed by atoms with E-state index in [1.165, 1.54) is 31.4 Å². The Labute approximate surface area is 153 Å². The van der Waals surface area contributed by atoms with E-state index in [9.17, 15) is 4.39 Å². The quantitative estimate of drug-likeness (QED) is 0.456. The highest BCUT2D eigenvalue weighted by atomic mass is 127. The van der Waals surface area contributed by atoms with Gasteiger partial charge in [0.05, 0.1) is 6.04 Å². The van der Waals surface area contributed by atoms with E-state index in [4.69, 9.17) is 10.7 Å². The summed E-state index contributed by atoms with van der Waals surface area (Å²) in [6, 6.07) is 7.20. The van der Waals surface area contributed by atoms with Crippen LogP contribution in [0.1, 0.15) is 19.3 Å². The van der Waals surface area contributed by atoms with Crippen LogP contribution in [-0.2, 0) is 0 Å². The van der Waals surface area contributed by atoms with Crippen LogP contribution in [0.2, 0.25) is 0 Å². The van der Waals surface area contributed by atoms with Crippen molar-refractivity contribution in [2.75, 3.05) is 31.1 Å². The van der Waals surface area contributed by atoms with E-state index < -0.39 is 0 Å². The van der Waals surface area contributed by atoms with Crippen molar-refractivity contribution in [3.05, 3.63) is 30.1 Å². The van der Waals surface area contributed by atoms with Crippen molar-refractivity contribution in [3.63, 3.8) is 0 Å². The molecule has 2 aliphatic carbocycles. The monoisotopic (exact) mass is 430 g/mol. The highest BCUT2D eigenvalue weighted by Crippen LogP contribution is 2.51. The van der Waals surface area contributed by atoms with Gasteiger partial charge in [0.2, 0.25) is 0 Å². The van der Waals surface area contributed by atoms with Crippen LogP contribution < -0.4 is 10.6 Å². The summed E-state index contributed by atoms with van der Waals surface area (Å²) in [6.07, 6.45) is 4.03. The van der Waals surface area contributed by atoms with Gasteiger partial charge in [-0.25, -0.2) is 9.38 Å². The molecule has 6 heteroatoms. The zero-order chi connectivity index (χ0) is 15.1. The topological polar surface area (TPSA) is 44.9 Å².